The zero-order chi connectivity index (χ0) is 13.7. The van der Waals surface area contributed by atoms with Gasteiger partial charge in [-0.3, -0.25) is 4.79 Å². The van der Waals surface area contributed by atoms with E-state index >= 15 is 0 Å². The lowest BCUT2D eigenvalue weighted by atomic mass is 9.93. The fraction of sp³-hybridized carbons (Fsp3) is 0.923. The van der Waals surface area contributed by atoms with Crippen LogP contribution in [0, 0.1) is 5.41 Å². The van der Waals surface area contributed by atoms with Gasteiger partial charge in [-0.05, 0) is 27.7 Å². The summed E-state index contributed by atoms with van der Waals surface area (Å²) in [5, 5.41) is 2.82. The monoisotopic (exact) mass is 247 g/mol. The van der Waals surface area contributed by atoms with Gasteiger partial charge in [0.2, 0.25) is 5.91 Å². The predicted molar refractivity (Wildman–Crippen MR) is 71.1 cm³/mol. The minimum Gasteiger partial charge on any atom is -0.381 e. The molecule has 0 rings (SSSR count). The largest absolute Gasteiger partial charge is 0.381 e. The highest BCUT2D eigenvalue weighted by Gasteiger charge is 2.27. The molecule has 0 aliphatic carbocycles. The third kappa shape index (κ3) is 10.3. The van der Waals surface area contributed by atoms with Gasteiger partial charge < -0.3 is 14.8 Å². The highest BCUT2D eigenvalue weighted by molar-refractivity contribution is 5.81. The van der Waals surface area contributed by atoms with E-state index < -0.39 is 5.41 Å². The van der Waals surface area contributed by atoms with E-state index in [1.807, 2.05) is 41.5 Å². The van der Waals surface area contributed by atoms with E-state index in [1.165, 1.54) is 0 Å². The SMILES string of the molecule is CC.CCOCCNC(=O)C(C)(C)COCC. The van der Waals surface area contributed by atoms with Crippen LogP contribution < -0.4 is 5.32 Å². The van der Waals surface area contributed by atoms with Gasteiger partial charge in [0, 0.05) is 19.8 Å². The highest BCUT2D eigenvalue weighted by atomic mass is 16.5. The van der Waals surface area contributed by atoms with E-state index in [0.717, 1.165) is 0 Å². The van der Waals surface area contributed by atoms with E-state index in [9.17, 15) is 4.79 Å². The first-order chi connectivity index (χ1) is 8.04. The van der Waals surface area contributed by atoms with Crippen molar-refractivity contribution in [2.24, 2.45) is 5.41 Å². The summed E-state index contributed by atoms with van der Waals surface area (Å²) in [4.78, 5) is 11.7. The van der Waals surface area contributed by atoms with E-state index in [2.05, 4.69) is 5.32 Å². The molecule has 0 saturated heterocycles. The molecule has 0 bridgehead atoms. The zero-order valence-corrected chi connectivity index (χ0v) is 12.3. The molecule has 0 saturated carbocycles. The van der Waals surface area contributed by atoms with Crippen molar-refractivity contribution in [2.75, 3.05) is 33.0 Å². The number of hydrogen-bond acceptors (Lipinski definition) is 3. The first-order valence-corrected chi connectivity index (χ1v) is 6.48. The molecule has 0 radical (unpaired) electrons. The molecule has 4 nitrogen and oxygen atoms in total. The standard InChI is InChI=1S/C11H23NO3.C2H6/c1-5-14-8-7-12-10(13)11(3,4)9-15-6-2;1-2/h5-9H2,1-4H3,(H,12,13);1-2H3. The second-order valence-corrected chi connectivity index (χ2v) is 3.97. The molecule has 0 aromatic rings. The third-order valence-electron chi connectivity index (χ3n) is 2.02. The fourth-order valence-corrected chi connectivity index (χ4v) is 1.04. The summed E-state index contributed by atoms with van der Waals surface area (Å²) in [6, 6.07) is 0. The van der Waals surface area contributed by atoms with Gasteiger partial charge in [-0.2, -0.15) is 0 Å². The number of amides is 1. The first-order valence-electron chi connectivity index (χ1n) is 6.48. The number of nitrogens with one attached hydrogen (secondary N) is 1. The lowest BCUT2D eigenvalue weighted by Gasteiger charge is -2.23. The van der Waals surface area contributed by atoms with E-state index in [0.29, 0.717) is 33.0 Å². The van der Waals surface area contributed by atoms with Crippen LogP contribution in [-0.2, 0) is 14.3 Å². The lowest BCUT2D eigenvalue weighted by molar-refractivity contribution is -0.132. The van der Waals surface area contributed by atoms with Crippen LogP contribution in [0.2, 0.25) is 0 Å². The maximum Gasteiger partial charge on any atom is 0.228 e. The summed E-state index contributed by atoms with van der Waals surface area (Å²) >= 11 is 0. The molecule has 0 aromatic carbocycles. The van der Waals surface area contributed by atoms with Crippen molar-refractivity contribution in [3.8, 4) is 0 Å². The van der Waals surface area contributed by atoms with Crippen LogP contribution >= 0.6 is 0 Å². The van der Waals surface area contributed by atoms with Gasteiger partial charge in [0.25, 0.3) is 0 Å². The zero-order valence-electron chi connectivity index (χ0n) is 12.3. The van der Waals surface area contributed by atoms with Gasteiger partial charge in [-0.15, -0.1) is 0 Å². The van der Waals surface area contributed by atoms with Crippen LogP contribution in [0.5, 0.6) is 0 Å². The van der Waals surface area contributed by atoms with Gasteiger partial charge in [-0.25, -0.2) is 0 Å². The van der Waals surface area contributed by atoms with Gasteiger partial charge in [0.1, 0.15) is 0 Å². The Balaban J connectivity index is 0. The molecule has 1 N–H and O–H groups in total. The summed E-state index contributed by atoms with van der Waals surface area (Å²) in [7, 11) is 0. The highest BCUT2D eigenvalue weighted by Crippen LogP contribution is 2.15. The van der Waals surface area contributed by atoms with Crippen molar-refractivity contribution < 1.29 is 14.3 Å². The third-order valence-corrected chi connectivity index (χ3v) is 2.02. The molecule has 17 heavy (non-hydrogen) atoms. The van der Waals surface area contributed by atoms with Gasteiger partial charge in [0.15, 0.2) is 0 Å². The molecule has 104 valence electrons. The molecule has 0 fully saturated rings. The van der Waals surface area contributed by atoms with Gasteiger partial charge in [-0.1, -0.05) is 13.8 Å². The maximum absolute atomic E-state index is 11.7. The number of rotatable bonds is 8. The fourth-order valence-electron chi connectivity index (χ4n) is 1.04. The maximum atomic E-state index is 11.7. The van der Waals surface area contributed by atoms with Crippen LogP contribution in [-0.4, -0.2) is 38.9 Å². The minimum absolute atomic E-state index is 0.00986. The molecule has 0 unspecified atom stereocenters. The topological polar surface area (TPSA) is 47.6 Å². The molecule has 0 atom stereocenters. The smallest absolute Gasteiger partial charge is 0.228 e. The van der Waals surface area contributed by atoms with Crippen molar-refractivity contribution in [2.45, 2.75) is 41.5 Å². The van der Waals surface area contributed by atoms with Crippen molar-refractivity contribution in [3.63, 3.8) is 0 Å². The summed E-state index contributed by atoms with van der Waals surface area (Å²) in [5.41, 5.74) is -0.470. The Morgan fingerprint density at radius 3 is 2.12 bits per heavy atom. The number of carbonyl (C=O) groups excluding carboxylic acids is 1. The Bertz CT molecular complexity index is 182. The summed E-state index contributed by atoms with van der Waals surface area (Å²) in [6.07, 6.45) is 0. The lowest BCUT2D eigenvalue weighted by Crippen LogP contribution is -2.41. The van der Waals surface area contributed by atoms with Crippen LogP contribution in [0.25, 0.3) is 0 Å². The summed E-state index contributed by atoms with van der Waals surface area (Å²) < 4.78 is 10.4. The Kier molecular flexibility index (Phi) is 13.1. The Morgan fingerprint density at radius 1 is 1.12 bits per heavy atom. The second kappa shape index (κ2) is 11.9. The Morgan fingerprint density at radius 2 is 1.65 bits per heavy atom. The van der Waals surface area contributed by atoms with Crippen LogP contribution in [0.3, 0.4) is 0 Å². The molecule has 0 aliphatic rings. The summed E-state index contributed by atoms with van der Waals surface area (Å²) in [6.45, 7) is 14.5. The van der Waals surface area contributed by atoms with E-state index in [-0.39, 0.29) is 5.91 Å². The molecule has 1 amide bonds. The summed E-state index contributed by atoms with van der Waals surface area (Å²) in [5.74, 6) is 0.00986. The molecular formula is C13H29NO3. The molecule has 0 aromatic heterocycles. The Labute approximate surface area is 106 Å². The molecule has 0 aliphatic heterocycles. The van der Waals surface area contributed by atoms with Gasteiger partial charge >= 0.3 is 0 Å². The molecule has 0 heterocycles. The number of hydrogen-bond donors (Lipinski definition) is 1. The minimum atomic E-state index is -0.470. The average Bonchev–Trinajstić information content (AvgIpc) is 2.34. The average molecular weight is 247 g/mol. The van der Waals surface area contributed by atoms with Crippen LogP contribution in [0.15, 0.2) is 0 Å². The molecular weight excluding hydrogens is 218 g/mol. The Hall–Kier alpha value is -0.610. The quantitative estimate of drug-likeness (QED) is 0.669. The molecule has 0 spiro atoms. The first kappa shape index (κ1) is 18.7. The molecule has 4 heteroatoms. The van der Waals surface area contributed by atoms with Crippen molar-refractivity contribution >= 4 is 5.91 Å². The second-order valence-electron chi connectivity index (χ2n) is 3.97. The predicted octanol–water partition coefficient (Wildman–Crippen LogP) is 2.23. The van der Waals surface area contributed by atoms with E-state index in [4.69, 9.17) is 9.47 Å². The van der Waals surface area contributed by atoms with Gasteiger partial charge in [0.05, 0.1) is 18.6 Å². The van der Waals surface area contributed by atoms with Crippen molar-refractivity contribution in [3.05, 3.63) is 0 Å². The van der Waals surface area contributed by atoms with Crippen LogP contribution in [0.4, 0.5) is 0 Å². The normalized spacial score (nSPS) is 10.5. The number of carbonyl (C=O) groups is 1. The number of ether oxygens (including phenoxy) is 2. The van der Waals surface area contributed by atoms with E-state index in [1.54, 1.807) is 0 Å². The van der Waals surface area contributed by atoms with Crippen molar-refractivity contribution in [1.29, 1.82) is 0 Å². The van der Waals surface area contributed by atoms with Crippen LogP contribution in [0.1, 0.15) is 41.5 Å². The van der Waals surface area contributed by atoms with Crippen molar-refractivity contribution in [1.82, 2.24) is 5.32 Å².